The third-order valence-corrected chi connectivity index (χ3v) is 9.24. The van der Waals surface area contributed by atoms with E-state index < -0.39 is 0 Å². The normalized spacial score (nSPS) is 11.6. The Labute approximate surface area is 257 Å². The van der Waals surface area contributed by atoms with Gasteiger partial charge in [-0.2, -0.15) is 0 Å². The van der Waals surface area contributed by atoms with Crippen LogP contribution in [0.3, 0.4) is 0 Å². The number of thiophene rings is 1. The quantitative estimate of drug-likeness (QED) is 0.173. The van der Waals surface area contributed by atoms with Gasteiger partial charge in [-0.25, -0.2) is 0 Å². The maximum Gasteiger partial charge on any atom is 0.0462 e. The highest BCUT2D eigenvalue weighted by Crippen LogP contribution is 2.41. The summed E-state index contributed by atoms with van der Waals surface area (Å²) in [6.45, 7) is 5.97. The lowest BCUT2D eigenvalue weighted by atomic mass is 10.0. The van der Waals surface area contributed by atoms with Gasteiger partial charge in [-0.05, 0) is 82.8 Å². The van der Waals surface area contributed by atoms with Gasteiger partial charge in [0, 0.05) is 37.2 Å². The molecule has 0 N–H and O–H groups in total. The van der Waals surface area contributed by atoms with Gasteiger partial charge in [0.15, 0.2) is 0 Å². The van der Waals surface area contributed by atoms with E-state index in [1.807, 2.05) is 23.5 Å². The van der Waals surface area contributed by atoms with E-state index in [-0.39, 0.29) is 0 Å². The third-order valence-electron chi connectivity index (χ3n) is 8.02. The second-order valence-electron chi connectivity index (χ2n) is 10.7. The molecule has 43 heavy (non-hydrogen) atoms. The van der Waals surface area contributed by atoms with Crippen molar-refractivity contribution < 1.29 is 0 Å². The lowest BCUT2D eigenvalue weighted by Gasteiger charge is -2.26. The molecular weight excluding hydrogens is 539 g/mol. The van der Waals surface area contributed by atoms with Crippen molar-refractivity contribution in [1.82, 2.24) is 0 Å². The number of anilines is 3. The maximum atomic E-state index is 3.85. The van der Waals surface area contributed by atoms with Gasteiger partial charge >= 0.3 is 0 Å². The molecule has 0 spiro atoms. The summed E-state index contributed by atoms with van der Waals surface area (Å²) in [4.78, 5) is 2.33. The van der Waals surface area contributed by atoms with E-state index in [0.29, 0.717) is 0 Å². The standard InChI is InChI=1S/C41H31NS/c1-3-10-29(2)30-17-23-34(24-18-30)42(35-25-19-32(20-26-35)31-11-5-4-6-12-31)36-27-21-33(22-28-36)37-14-9-15-39-38-13-7-8-16-40(38)43-41(37)39/h3-28H,1H2,2H3/b29-10+. The first-order valence-corrected chi connectivity index (χ1v) is 15.4. The fourth-order valence-electron chi connectivity index (χ4n) is 5.79. The van der Waals surface area contributed by atoms with Crippen LogP contribution >= 0.6 is 11.3 Å². The maximum absolute atomic E-state index is 3.85. The van der Waals surface area contributed by atoms with Crippen molar-refractivity contribution in [1.29, 1.82) is 0 Å². The molecule has 206 valence electrons. The largest absolute Gasteiger partial charge is 0.311 e. The van der Waals surface area contributed by atoms with Crippen molar-refractivity contribution in [2.75, 3.05) is 4.90 Å². The summed E-state index contributed by atoms with van der Waals surface area (Å²) >= 11 is 1.87. The molecule has 0 saturated heterocycles. The summed E-state index contributed by atoms with van der Waals surface area (Å²) in [6.07, 6.45) is 3.88. The van der Waals surface area contributed by atoms with Crippen molar-refractivity contribution in [2.24, 2.45) is 0 Å². The molecule has 0 aliphatic heterocycles. The lowest BCUT2D eigenvalue weighted by molar-refractivity contribution is 1.28. The van der Waals surface area contributed by atoms with E-state index in [9.17, 15) is 0 Å². The van der Waals surface area contributed by atoms with Gasteiger partial charge in [-0.15, -0.1) is 11.3 Å². The van der Waals surface area contributed by atoms with Crippen LogP contribution in [0.2, 0.25) is 0 Å². The summed E-state index contributed by atoms with van der Waals surface area (Å²) in [6, 6.07) is 52.5. The Kier molecular flexibility index (Phi) is 7.20. The zero-order chi connectivity index (χ0) is 29.2. The van der Waals surface area contributed by atoms with E-state index >= 15 is 0 Å². The van der Waals surface area contributed by atoms with Crippen molar-refractivity contribution >= 4 is 54.1 Å². The highest BCUT2D eigenvalue weighted by atomic mass is 32.1. The summed E-state index contributed by atoms with van der Waals surface area (Å²) in [5.74, 6) is 0. The summed E-state index contributed by atoms with van der Waals surface area (Å²) in [5, 5.41) is 2.65. The van der Waals surface area contributed by atoms with Gasteiger partial charge in [0.1, 0.15) is 0 Å². The minimum absolute atomic E-state index is 1.11. The molecule has 7 aromatic rings. The van der Waals surface area contributed by atoms with Gasteiger partial charge in [-0.3, -0.25) is 0 Å². The predicted molar refractivity (Wildman–Crippen MR) is 189 cm³/mol. The van der Waals surface area contributed by atoms with Crippen molar-refractivity contribution in [3.8, 4) is 22.3 Å². The molecule has 0 unspecified atom stereocenters. The zero-order valence-corrected chi connectivity index (χ0v) is 24.9. The Morgan fingerprint density at radius 3 is 1.79 bits per heavy atom. The van der Waals surface area contributed by atoms with Crippen molar-refractivity contribution in [3.05, 3.63) is 170 Å². The van der Waals surface area contributed by atoms with Gasteiger partial charge in [0.05, 0.1) is 0 Å². The topological polar surface area (TPSA) is 3.24 Å². The Morgan fingerprint density at radius 1 is 0.558 bits per heavy atom. The zero-order valence-electron chi connectivity index (χ0n) is 24.1. The van der Waals surface area contributed by atoms with Crippen LogP contribution in [0.15, 0.2) is 164 Å². The molecule has 0 bridgehead atoms. The summed E-state index contributed by atoms with van der Waals surface area (Å²) < 4.78 is 2.66. The molecule has 1 aromatic heterocycles. The molecule has 0 amide bonds. The van der Waals surface area contributed by atoms with E-state index in [1.54, 1.807) is 0 Å². The first-order valence-electron chi connectivity index (χ1n) is 14.6. The molecule has 0 aliphatic carbocycles. The van der Waals surface area contributed by atoms with Crippen LogP contribution in [0, 0.1) is 0 Å². The highest BCUT2D eigenvalue weighted by molar-refractivity contribution is 7.26. The average molecular weight is 570 g/mol. The number of hydrogen-bond donors (Lipinski definition) is 0. The molecular formula is C41H31NS. The van der Waals surface area contributed by atoms with Gasteiger partial charge in [0.25, 0.3) is 0 Å². The molecule has 6 aromatic carbocycles. The van der Waals surface area contributed by atoms with E-state index in [4.69, 9.17) is 0 Å². The number of hydrogen-bond acceptors (Lipinski definition) is 2. The number of fused-ring (bicyclic) bond motifs is 3. The number of allylic oxidation sites excluding steroid dienone is 3. The second kappa shape index (κ2) is 11.6. The molecule has 1 heterocycles. The fraction of sp³-hybridized carbons (Fsp3) is 0.0244. The minimum atomic E-state index is 1.11. The molecule has 0 aliphatic rings. The first-order chi connectivity index (χ1) is 21.2. The molecule has 0 fully saturated rings. The SMILES string of the molecule is C=C/C=C(\C)c1ccc(N(c2ccc(-c3ccccc3)cc2)c2ccc(-c3cccc4c3sc3ccccc34)cc2)cc1. The Hall–Kier alpha value is -5.18. The van der Waals surface area contributed by atoms with Crippen LogP contribution in [0.5, 0.6) is 0 Å². The second-order valence-corrected chi connectivity index (χ2v) is 11.8. The van der Waals surface area contributed by atoms with E-state index in [1.165, 1.54) is 53.6 Å². The Balaban J connectivity index is 1.29. The number of rotatable bonds is 7. The van der Waals surface area contributed by atoms with Gasteiger partial charge in [-0.1, -0.05) is 122 Å². The van der Waals surface area contributed by atoms with Gasteiger partial charge < -0.3 is 4.90 Å². The van der Waals surface area contributed by atoms with E-state index in [0.717, 1.165) is 17.1 Å². The summed E-state index contributed by atoms with van der Waals surface area (Å²) in [7, 11) is 0. The van der Waals surface area contributed by atoms with E-state index in [2.05, 4.69) is 164 Å². The smallest absolute Gasteiger partial charge is 0.0462 e. The third kappa shape index (κ3) is 5.18. The number of nitrogens with zero attached hydrogens (tertiary/aromatic N) is 1. The number of benzene rings is 6. The average Bonchev–Trinajstić information content (AvgIpc) is 3.45. The summed E-state index contributed by atoms with van der Waals surface area (Å²) in [5.41, 5.74) is 10.7. The monoisotopic (exact) mass is 569 g/mol. The molecule has 0 atom stereocenters. The van der Waals surface area contributed by atoms with Crippen LogP contribution in [0.4, 0.5) is 17.1 Å². The predicted octanol–water partition coefficient (Wildman–Crippen LogP) is 12.4. The van der Waals surface area contributed by atoms with Crippen LogP contribution in [-0.2, 0) is 0 Å². The molecule has 7 rings (SSSR count). The molecule has 0 saturated carbocycles. The van der Waals surface area contributed by atoms with Crippen LogP contribution in [0.1, 0.15) is 12.5 Å². The Bertz CT molecular complexity index is 2060. The molecule has 0 radical (unpaired) electrons. The van der Waals surface area contributed by atoms with Crippen LogP contribution < -0.4 is 4.90 Å². The van der Waals surface area contributed by atoms with Crippen molar-refractivity contribution in [3.63, 3.8) is 0 Å². The Morgan fingerprint density at radius 2 is 1.12 bits per heavy atom. The van der Waals surface area contributed by atoms with Gasteiger partial charge in [0.2, 0.25) is 0 Å². The van der Waals surface area contributed by atoms with Crippen LogP contribution in [0.25, 0.3) is 48.0 Å². The fourth-order valence-corrected chi connectivity index (χ4v) is 7.03. The molecule has 1 nitrogen and oxygen atoms in total. The van der Waals surface area contributed by atoms with Crippen molar-refractivity contribution in [2.45, 2.75) is 6.92 Å². The lowest BCUT2D eigenvalue weighted by Crippen LogP contribution is -2.09. The minimum Gasteiger partial charge on any atom is -0.311 e. The molecule has 2 heteroatoms. The van der Waals surface area contributed by atoms with Crippen LogP contribution in [-0.4, -0.2) is 0 Å². The highest BCUT2D eigenvalue weighted by Gasteiger charge is 2.15. The first kappa shape index (κ1) is 26.7.